The van der Waals surface area contributed by atoms with Crippen molar-refractivity contribution in [3.8, 4) is 0 Å². The van der Waals surface area contributed by atoms with Gasteiger partial charge < -0.3 is 20.5 Å². The number of rotatable bonds is 5. The van der Waals surface area contributed by atoms with Crippen molar-refractivity contribution < 1.29 is 4.79 Å². The molecular formula is C16H26Cl2IN5O. The monoisotopic (exact) mass is 501 g/mol. The van der Waals surface area contributed by atoms with Gasteiger partial charge in [0.2, 0.25) is 5.91 Å². The van der Waals surface area contributed by atoms with Gasteiger partial charge in [0.25, 0.3) is 0 Å². The van der Waals surface area contributed by atoms with E-state index in [9.17, 15) is 4.79 Å². The molecule has 0 bridgehead atoms. The molecule has 1 aliphatic rings. The smallest absolute Gasteiger partial charge is 0.239 e. The van der Waals surface area contributed by atoms with Gasteiger partial charge in [-0.05, 0) is 18.9 Å². The van der Waals surface area contributed by atoms with Crippen LogP contribution in [0.5, 0.6) is 0 Å². The SMILES string of the molecule is CN=C(NCC(=O)NC1CCCCC1)NCc1cc(Cl)c(Cl)n1C.I. The number of hydrogen-bond donors (Lipinski definition) is 3. The molecule has 1 amide bonds. The molecule has 0 spiro atoms. The fourth-order valence-electron chi connectivity index (χ4n) is 2.84. The first kappa shape index (κ1) is 22.4. The molecule has 0 aliphatic heterocycles. The molecule has 1 aromatic rings. The van der Waals surface area contributed by atoms with Crippen LogP contribution in [-0.4, -0.2) is 36.1 Å². The van der Waals surface area contributed by atoms with Crippen LogP contribution in [0.25, 0.3) is 0 Å². The highest BCUT2D eigenvalue weighted by atomic mass is 127. The third-order valence-corrected chi connectivity index (χ3v) is 5.10. The third kappa shape index (κ3) is 6.86. The van der Waals surface area contributed by atoms with Crippen LogP contribution in [0, 0.1) is 0 Å². The zero-order valence-electron chi connectivity index (χ0n) is 14.6. The minimum atomic E-state index is -0.00481. The second-order valence-electron chi connectivity index (χ2n) is 6.02. The Morgan fingerprint density at radius 3 is 2.52 bits per heavy atom. The van der Waals surface area contributed by atoms with E-state index in [-0.39, 0.29) is 36.4 Å². The average molecular weight is 502 g/mol. The predicted molar refractivity (Wildman–Crippen MR) is 114 cm³/mol. The molecule has 0 aromatic carbocycles. The lowest BCUT2D eigenvalue weighted by Gasteiger charge is -2.23. The summed E-state index contributed by atoms with van der Waals surface area (Å²) in [6.45, 7) is 0.706. The van der Waals surface area contributed by atoms with E-state index in [1.165, 1.54) is 19.3 Å². The van der Waals surface area contributed by atoms with Gasteiger partial charge in [-0.15, -0.1) is 24.0 Å². The highest BCUT2D eigenvalue weighted by Crippen LogP contribution is 2.24. The quantitative estimate of drug-likeness (QED) is 0.330. The summed E-state index contributed by atoms with van der Waals surface area (Å²) in [7, 11) is 3.51. The van der Waals surface area contributed by atoms with Crippen molar-refractivity contribution in [2.75, 3.05) is 13.6 Å². The second-order valence-corrected chi connectivity index (χ2v) is 6.78. The largest absolute Gasteiger partial charge is 0.352 e. The summed E-state index contributed by atoms with van der Waals surface area (Å²) in [6, 6.07) is 2.12. The molecule has 0 saturated heterocycles. The minimum Gasteiger partial charge on any atom is -0.352 e. The summed E-state index contributed by atoms with van der Waals surface area (Å²) in [4.78, 5) is 16.1. The zero-order chi connectivity index (χ0) is 17.5. The number of aliphatic imine (C=N–C) groups is 1. The normalized spacial score (nSPS) is 15.4. The van der Waals surface area contributed by atoms with Gasteiger partial charge in [0.1, 0.15) is 5.15 Å². The molecule has 1 fully saturated rings. The second kappa shape index (κ2) is 11.1. The fourth-order valence-corrected chi connectivity index (χ4v) is 3.26. The molecule has 3 N–H and O–H groups in total. The number of aromatic nitrogens is 1. The van der Waals surface area contributed by atoms with E-state index in [0.29, 0.717) is 28.7 Å². The number of carbonyl (C=O) groups is 1. The van der Waals surface area contributed by atoms with Crippen molar-refractivity contribution in [3.63, 3.8) is 0 Å². The predicted octanol–water partition coefficient (Wildman–Crippen LogP) is 3.06. The molecule has 1 aromatic heterocycles. The summed E-state index contributed by atoms with van der Waals surface area (Å²) in [6.07, 6.45) is 5.82. The summed E-state index contributed by atoms with van der Waals surface area (Å²) in [5.41, 5.74) is 0.930. The van der Waals surface area contributed by atoms with Crippen molar-refractivity contribution in [2.24, 2.45) is 12.0 Å². The van der Waals surface area contributed by atoms with Crippen LogP contribution < -0.4 is 16.0 Å². The summed E-state index contributed by atoms with van der Waals surface area (Å²) in [5, 5.41) is 10.3. The van der Waals surface area contributed by atoms with Crippen molar-refractivity contribution in [2.45, 2.75) is 44.7 Å². The van der Waals surface area contributed by atoms with Crippen molar-refractivity contribution in [1.82, 2.24) is 20.5 Å². The van der Waals surface area contributed by atoms with E-state index >= 15 is 0 Å². The van der Waals surface area contributed by atoms with Gasteiger partial charge >= 0.3 is 0 Å². The molecular weight excluding hydrogens is 476 g/mol. The van der Waals surface area contributed by atoms with E-state index in [4.69, 9.17) is 23.2 Å². The van der Waals surface area contributed by atoms with Gasteiger partial charge in [0.05, 0.1) is 18.1 Å². The van der Waals surface area contributed by atoms with Crippen LogP contribution >= 0.6 is 47.2 Å². The summed E-state index contributed by atoms with van der Waals surface area (Å²) in [5.74, 6) is 0.553. The first-order chi connectivity index (χ1) is 11.5. The van der Waals surface area contributed by atoms with Crippen LogP contribution in [-0.2, 0) is 18.4 Å². The Labute approximate surface area is 176 Å². The number of hydrogen-bond acceptors (Lipinski definition) is 2. The standard InChI is InChI=1S/C16H25Cl2N5O.HI/c1-19-16(20-9-12-8-13(17)15(18)23(12)2)21-10-14(24)22-11-6-4-3-5-7-11;/h8,11H,3-7,9-10H2,1-2H3,(H,22,24)(H2,19,20,21);1H. The molecule has 1 saturated carbocycles. The van der Waals surface area contributed by atoms with Crippen molar-refractivity contribution in [3.05, 3.63) is 21.9 Å². The number of nitrogens with zero attached hydrogens (tertiary/aromatic N) is 2. The molecule has 1 aliphatic carbocycles. The Balaban J connectivity index is 0.00000312. The van der Waals surface area contributed by atoms with E-state index in [2.05, 4.69) is 20.9 Å². The van der Waals surface area contributed by atoms with E-state index in [0.717, 1.165) is 18.5 Å². The first-order valence-electron chi connectivity index (χ1n) is 8.24. The molecule has 0 atom stereocenters. The van der Waals surface area contributed by atoms with Crippen LogP contribution in [0.4, 0.5) is 0 Å². The maximum atomic E-state index is 12.0. The number of halogens is 3. The number of carbonyl (C=O) groups excluding carboxylic acids is 1. The molecule has 9 heteroatoms. The lowest BCUT2D eigenvalue weighted by molar-refractivity contribution is -0.120. The van der Waals surface area contributed by atoms with Crippen LogP contribution in [0.1, 0.15) is 37.8 Å². The lowest BCUT2D eigenvalue weighted by Crippen LogP contribution is -2.45. The molecule has 142 valence electrons. The molecule has 6 nitrogen and oxygen atoms in total. The minimum absolute atomic E-state index is 0. The van der Waals surface area contributed by atoms with Gasteiger partial charge in [-0.3, -0.25) is 9.79 Å². The zero-order valence-corrected chi connectivity index (χ0v) is 18.4. The molecule has 25 heavy (non-hydrogen) atoms. The number of guanidine groups is 1. The lowest BCUT2D eigenvalue weighted by atomic mass is 9.95. The van der Waals surface area contributed by atoms with E-state index < -0.39 is 0 Å². The Bertz CT molecular complexity index is 600. The highest BCUT2D eigenvalue weighted by molar-refractivity contribution is 14.0. The first-order valence-corrected chi connectivity index (χ1v) is 9.00. The number of nitrogens with one attached hydrogen (secondary N) is 3. The summed E-state index contributed by atoms with van der Waals surface area (Å²) >= 11 is 12.0. The fraction of sp³-hybridized carbons (Fsp3) is 0.625. The van der Waals surface area contributed by atoms with Gasteiger partial charge in [-0.2, -0.15) is 0 Å². The van der Waals surface area contributed by atoms with Crippen LogP contribution in [0.3, 0.4) is 0 Å². The molecule has 0 radical (unpaired) electrons. The Morgan fingerprint density at radius 2 is 1.96 bits per heavy atom. The number of amides is 1. The van der Waals surface area contributed by atoms with Gasteiger partial charge in [0, 0.05) is 25.8 Å². The summed E-state index contributed by atoms with van der Waals surface area (Å²) < 4.78 is 1.81. The molecule has 2 rings (SSSR count). The highest BCUT2D eigenvalue weighted by Gasteiger charge is 2.15. The van der Waals surface area contributed by atoms with Crippen molar-refractivity contribution >= 4 is 59.0 Å². The Morgan fingerprint density at radius 1 is 1.28 bits per heavy atom. The van der Waals surface area contributed by atoms with Gasteiger partial charge in [-0.1, -0.05) is 42.5 Å². The Hall–Kier alpha value is -0.670. The average Bonchev–Trinajstić information content (AvgIpc) is 2.83. The van der Waals surface area contributed by atoms with Crippen LogP contribution in [0.15, 0.2) is 11.1 Å². The maximum Gasteiger partial charge on any atom is 0.239 e. The van der Waals surface area contributed by atoms with Crippen molar-refractivity contribution in [1.29, 1.82) is 0 Å². The van der Waals surface area contributed by atoms with Crippen LogP contribution in [0.2, 0.25) is 10.2 Å². The Kier molecular flexibility index (Phi) is 9.96. The van der Waals surface area contributed by atoms with E-state index in [1.807, 2.05) is 7.05 Å². The molecule has 0 unspecified atom stereocenters. The van der Waals surface area contributed by atoms with Gasteiger partial charge in [0.15, 0.2) is 5.96 Å². The van der Waals surface area contributed by atoms with E-state index in [1.54, 1.807) is 17.7 Å². The molecule has 1 heterocycles. The third-order valence-electron chi connectivity index (χ3n) is 4.26. The van der Waals surface area contributed by atoms with Gasteiger partial charge in [-0.25, -0.2) is 0 Å². The maximum absolute atomic E-state index is 12.0. The topological polar surface area (TPSA) is 70.4 Å².